The number of aromatic nitrogens is 2. The number of hydrogen-bond acceptors (Lipinski definition) is 10. The number of amides is 2. The first-order chi connectivity index (χ1) is 22.4. The monoisotopic (exact) mass is 644 g/mol. The van der Waals surface area contributed by atoms with Crippen LogP contribution in [-0.4, -0.2) is 70.6 Å². The van der Waals surface area contributed by atoms with Gasteiger partial charge in [0.25, 0.3) is 5.89 Å². The van der Waals surface area contributed by atoms with Gasteiger partial charge in [0.2, 0.25) is 11.8 Å². The van der Waals surface area contributed by atoms with E-state index in [4.69, 9.17) is 14.0 Å². The fourth-order valence-corrected chi connectivity index (χ4v) is 4.98. The van der Waals surface area contributed by atoms with Crippen LogP contribution in [0.15, 0.2) is 65.2 Å². The van der Waals surface area contributed by atoms with Crippen molar-refractivity contribution in [3.63, 3.8) is 0 Å². The lowest BCUT2D eigenvalue weighted by Gasteiger charge is -2.24. The van der Waals surface area contributed by atoms with E-state index in [2.05, 4.69) is 20.8 Å². The number of fused-ring (bicyclic) bond motifs is 1. The Labute approximate surface area is 270 Å². The van der Waals surface area contributed by atoms with Crippen molar-refractivity contribution in [2.24, 2.45) is 5.92 Å². The first kappa shape index (κ1) is 34.3. The molecule has 4 rings (SSSR count). The smallest absolute Gasteiger partial charge is 0.310 e. The number of Topliss-reactive ketones (excluding diaryl/α,β-unsaturated/α-hetero) is 1. The highest BCUT2D eigenvalue weighted by Crippen LogP contribution is 2.26. The molecule has 0 radical (unpaired) electrons. The number of methoxy groups -OCH3 is 1. The molecule has 3 N–H and O–H groups in total. The number of nitrogens with one attached hydrogen (secondary N) is 2. The molecular weight excluding hydrogens is 608 g/mol. The predicted molar refractivity (Wildman–Crippen MR) is 169 cm³/mol. The number of rotatable bonds is 15. The van der Waals surface area contributed by atoms with Crippen molar-refractivity contribution in [3.8, 4) is 17.2 Å². The van der Waals surface area contributed by atoms with E-state index in [1.165, 1.54) is 7.11 Å². The van der Waals surface area contributed by atoms with Crippen molar-refractivity contribution in [3.05, 3.63) is 77.6 Å². The van der Waals surface area contributed by atoms with Crippen LogP contribution >= 0.6 is 0 Å². The van der Waals surface area contributed by atoms with Gasteiger partial charge in [0.1, 0.15) is 17.8 Å². The number of ketones is 1. The molecule has 0 aliphatic heterocycles. The molecule has 246 valence electrons. The number of esters is 1. The van der Waals surface area contributed by atoms with Crippen molar-refractivity contribution in [2.75, 3.05) is 13.7 Å². The summed E-state index contributed by atoms with van der Waals surface area (Å²) in [6.07, 6.45) is -1.03. The highest BCUT2D eigenvalue weighted by Gasteiger charge is 2.31. The molecule has 0 spiro atoms. The number of ether oxygens (including phenoxy) is 2. The van der Waals surface area contributed by atoms with Crippen LogP contribution in [0.4, 0.5) is 0 Å². The number of aliphatic carboxylic acids is 1. The Hall–Kier alpha value is -5.59. The Morgan fingerprint density at radius 1 is 0.936 bits per heavy atom. The van der Waals surface area contributed by atoms with Crippen molar-refractivity contribution in [1.29, 1.82) is 0 Å². The third-order valence-electron chi connectivity index (χ3n) is 7.35. The average Bonchev–Trinajstić information content (AvgIpc) is 3.48. The molecule has 4 aromatic rings. The highest BCUT2D eigenvalue weighted by molar-refractivity contribution is 5.96. The van der Waals surface area contributed by atoms with Crippen LogP contribution in [-0.2, 0) is 41.6 Å². The zero-order chi connectivity index (χ0) is 34.1. The van der Waals surface area contributed by atoms with Gasteiger partial charge in [0.15, 0.2) is 18.2 Å². The molecule has 1 heterocycles. The van der Waals surface area contributed by atoms with E-state index in [1.54, 1.807) is 45.0 Å². The molecule has 47 heavy (non-hydrogen) atoms. The van der Waals surface area contributed by atoms with Crippen LogP contribution in [0.5, 0.6) is 5.75 Å². The first-order valence-corrected chi connectivity index (χ1v) is 14.9. The molecule has 0 aliphatic carbocycles. The number of aryl methyl sites for hydroxylation is 1. The fourth-order valence-electron chi connectivity index (χ4n) is 4.98. The van der Waals surface area contributed by atoms with Crippen molar-refractivity contribution < 1.29 is 43.1 Å². The molecule has 1 aromatic heterocycles. The maximum absolute atomic E-state index is 13.3. The Balaban J connectivity index is 1.39. The summed E-state index contributed by atoms with van der Waals surface area (Å²) in [7, 11) is 1.46. The van der Waals surface area contributed by atoms with Crippen LogP contribution in [0.2, 0.25) is 0 Å². The summed E-state index contributed by atoms with van der Waals surface area (Å²) in [5.41, 5.74) is 1.77. The summed E-state index contributed by atoms with van der Waals surface area (Å²) in [5.74, 6) is -3.44. The molecular formula is C34H36N4O9. The lowest BCUT2D eigenvalue weighted by molar-refractivity contribution is -0.148. The minimum absolute atomic E-state index is 0.103. The Bertz CT molecular complexity index is 1780. The van der Waals surface area contributed by atoms with Crippen molar-refractivity contribution >= 4 is 40.3 Å². The van der Waals surface area contributed by atoms with Crippen molar-refractivity contribution in [2.45, 2.75) is 52.1 Å². The third-order valence-corrected chi connectivity index (χ3v) is 7.35. The Morgan fingerprint density at radius 3 is 2.36 bits per heavy atom. The summed E-state index contributed by atoms with van der Waals surface area (Å²) < 4.78 is 15.8. The van der Waals surface area contributed by atoms with Crippen LogP contribution in [0.1, 0.15) is 37.2 Å². The Kier molecular flexibility index (Phi) is 11.4. The summed E-state index contributed by atoms with van der Waals surface area (Å²) in [5, 5.41) is 20.1. The van der Waals surface area contributed by atoms with E-state index in [9.17, 15) is 29.1 Å². The molecule has 0 saturated carbocycles. The van der Waals surface area contributed by atoms with Crippen LogP contribution in [0.25, 0.3) is 22.2 Å². The second-order valence-corrected chi connectivity index (χ2v) is 11.2. The maximum Gasteiger partial charge on any atom is 0.310 e. The molecule has 0 saturated heterocycles. The van der Waals surface area contributed by atoms with Crippen LogP contribution < -0.4 is 15.4 Å². The minimum Gasteiger partial charge on any atom is -0.496 e. The molecule has 3 aromatic carbocycles. The molecule has 0 unspecified atom stereocenters. The van der Waals surface area contributed by atoms with Gasteiger partial charge in [0, 0.05) is 11.1 Å². The van der Waals surface area contributed by atoms with E-state index in [1.807, 2.05) is 36.4 Å². The zero-order valence-electron chi connectivity index (χ0n) is 26.4. The van der Waals surface area contributed by atoms with Gasteiger partial charge in [0.05, 0.1) is 26.4 Å². The second kappa shape index (κ2) is 15.6. The van der Waals surface area contributed by atoms with Gasteiger partial charge < -0.3 is 29.7 Å². The standard InChI is InChI=1S/C34H36N4O9/c1-19(2)32(37-29(40)15-24-14-23(12-13-28(24)45-4)34-35-20(3)38-47-34)33(44)36-26(17-30(41)42)27(39)18-46-31(43)16-22-10-7-9-21-8-5-6-11-25(21)22/h5-14,19,26,32H,15-18H2,1-4H3,(H,36,44)(H,37,40)(H,41,42)/t26-,32-/m0/s1. The van der Waals surface area contributed by atoms with Gasteiger partial charge >= 0.3 is 11.9 Å². The lowest BCUT2D eigenvalue weighted by atomic mass is 10.0. The first-order valence-electron chi connectivity index (χ1n) is 14.9. The van der Waals surface area contributed by atoms with E-state index < -0.39 is 60.6 Å². The second-order valence-electron chi connectivity index (χ2n) is 11.2. The zero-order valence-corrected chi connectivity index (χ0v) is 26.4. The van der Waals surface area contributed by atoms with Crippen LogP contribution in [0.3, 0.4) is 0 Å². The topological polar surface area (TPSA) is 187 Å². The Morgan fingerprint density at radius 2 is 1.68 bits per heavy atom. The number of carbonyl (C=O) groups excluding carboxylic acids is 4. The number of nitrogens with zero attached hydrogens (tertiary/aromatic N) is 2. The number of hydrogen-bond donors (Lipinski definition) is 3. The molecule has 0 bridgehead atoms. The number of carboxylic acids is 1. The summed E-state index contributed by atoms with van der Waals surface area (Å²) in [6, 6.07) is 15.4. The number of benzene rings is 3. The van der Waals surface area contributed by atoms with E-state index in [-0.39, 0.29) is 18.7 Å². The van der Waals surface area contributed by atoms with Gasteiger partial charge in [-0.1, -0.05) is 61.5 Å². The van der Waals surface area contributed by atoms with Gasteiger partial charge in [-0.05, 0) is 47.4 Å². The fraction of sp³-hybridized carbons (Fsp3) is 0.324. The lowest BCUT2D eigenvalue weighted by Crippen LogP contribution is -2.54. The summed E-state index contributed by atoms with van der Waals surface area (Å²) in [4.78, 5) is 67.8. The highest BCUT2D eigenvalue weighted by atomic mass is 16.5. The maximum atomic E-state index is 13.3. The molecule has 2 amide bonds. The number of carboxylic acid groups (broad SMARTS) is 1. The van der Waals surface area contributed by atoms with E-state index in [0.29, 0.717) is 28.3 Å². The molecule has 13 nitrogen and oxygen atoms in total. The van der Waals surface area contributed by atoms with Gasteiger partial charge in [-0.3, -0.25) is 24.0 Å². The normalized spacial score (nSPS) is 12.3. The minimum atomic E-state index is -1.50. The van der Waals surface area contributed by atoms with Crippen LogP contribution in [0, 0.1) is 12.8 Å². The van der Waals surface area contributed by atoms with E-state index >= 15 is 0 Å². The quantitative estimate of drug-likeness (QED) is 0.161. The third kappa shape index (κ3) is 9.22. The van der Waals surface area contributed by atoms with E-state index in [0.717, 1.165) is 10.8 Å². The summed E-state index contributed by atoms with van der Waals surface area (Å²) in [6.45, 7) is 4.31. The molecule has 2 atom stereocenters. The number of carbonyl (C=O) groups is 5. The van der Waals surface area contributed by atoms with Gasteiger partial charge in [-0.2, -0.15) is 4.98 Å². The van der Waals surface area contributed by atoms with Gasteiger partial charge in [-0.25, -0.2) is 0 Å². The molecule has 0 aliphatic rings. The molecule has 0 fully saturated rings. The predicted octanol–water partition coefficient (Wildman–Crippen LogP) is 3.20. The van der Waals surface area contributed by atoms with Crippen molar-refractivity contribution in [1.82, 2.24) is 20.8 Å². The summed E-state index contributed by atoms with van der Waals surface area (Å²) >= 11 is 0. The van der Waals surface area contributed by atoms with Gasteiger partial charge in [-0.15, -0.1) is 0 Å². The largest absolute Gasteiger partial charge is 0.496 e. The molecule has 13 heteroatoms. The SMILES string of the molecule is COc1ccc(-c2nc(C)no2)cc1CC(=O)N[C@H](C(=O)N[C@@H](CC(=O)O)C(=O)COC(=O)Cc1cccc2ccccc12)C(C)C. The average molecular weight is 645 g/mol.